The molecule has 1 amide bonds. The highest BCUT2D eigenvalue weighted by Crippen LogP contribution is 2.15. The second-order valence-electron chi connectivity index (χ2n) is 4.45. The van der Waals surface area contributed by atoms with E-state index >= 15 is 0 Å². The Morgan fingerprint density at radius 2 is 2.04 bits per heavy atom. The first-order valence-corrected chi connectivity index (χ1v) is 6.93. The molecule has 2 rings (SSSR count). The zero-order chi connectivity index (χ0) is 16.8. The molecule has 0 aliphatic rings. The Hall–Kier alpha value is -2.72. The molecule has 0 radical (unpaired) electrons. The number of anilines is 1. The first-order valence-electron chi connectivity index (χ1n) is 6.55. The number of carbonyl (C=O) groups is 1. The fraction of sp³-hybridized carbons (Fsp3) is 0.133. The van der Waals surface area contributed by atoms with E-state index < -0.39 is 17.5 Å². The zero-order valence-electron chi connectivity index (χ0n) is 11.7. The number of carbonyl (C=O) groups excluding carboxylic acids is 1. The lowest BCUT2D eigenvalue weighted by atomic mass is 10.2. The number of benzene rings is 1. The van der Waals surface area contributed by atoms with Gasteiger partial charge in [-0.05, 0) is 24.3 Å². The van der Waals surface area contributed by atoms with Crippen LogP contribution >= 0.6 is 11.6 Å². The first-order chi connectivity index (χ1) is 11.0. The summed E-state index contributed by atoms with van der Waals surface area (Å²) in [6, 6.07) is 7.70. The third-order valence-electron chi connectivity index (χ3n) is 2.84. The third kappa shape index (κ3) is 4.37. The Kier molecular flexibility index (Phi) is 5.44. The molecule has 8 heteroatoms. The van der Waals surface area contributed by atoms with E-state index in [2.05, 4.69) is 15.6 Å². The van der Waals surface area contributed by atoms with Crippen molar-refractivity contribution in [1.29, 1.82) is 5.26 Å². The lowest BCUT2D eigenvalue weighted by Crippen LogP contribution is -2.29. The van der Waals surface area contributed by atoms with Crippen LogP contribution in [0.1, 0.15) is 16.1 Å². The highest BCUT2D eigenvalue weighted by Gasteiger charge is 2.11. The van der Waals surface area contributed by atoms with E-state index in [0.29, 0.717) is 18.4 Å². The number of pyridine rings is 1. The number of hydrogen-bond donors (Lipinski definition) is 2. The Balaban J connectivity index is 1.86. The molecule has 0 saturated carbocycles. The summed E-state index contributed by atoms with van der Waals surface area (Å²) in [5.74, 6) is -1.89. The lowest BCUT2D eigenvalue weighted by molar-refractivity contribution is 0.0951. The minimum absolute atomic E-state index is 0.0917. The highest BCUT2D eigenvalue weighted by molar-refractivity contribution is 6.31. The number of nitriles is 1. The van der Waals surface area contributed by atoms with Crippen LogP contribution in [-0.4, -0.2) is 24.0 Å². The van der Waals surface area contributed by atoms with Crippen LogP contribution in [0, 0.1) is 23.0 Å². The molecule has 0 aliphatic carbocycles. The molecule has 5 nitrogen and oxygen atoms in total. The van der Waals surface area contributed by atoms with Crippen LogP contribution < -0.4 is 10.6 Å². The molecule has 1 heterocycles. The van der Waals surface area contributed by atoms with Gasteiger partial charge in [0, 0.05) is 19.2 Å². The van der Waals surface area contributed by atoms with Crippen LogP contribution in [-0.2, 0) is 0 Å². The summed E-state index contributed by atoms with van der Waals surface area (Å²) in [7, 11) is 0. The van der Waals surface area contributed by atoms with Crippen molar-refractivity contribution in [2.45, 2.75) is 0 Å². The van der Waals surface area contributed by atoms with Gasteiger partial charge in [-0.15, -0.1) is 0 Å². The predicted molar refractivity (Wildman–Crippen MR) is 81.1 cm³/mol. The number of hydrogen-bond acceptors (Lipinski definition) is 4. The summed E-state index contributed by atoms with van der Waals surface area (Å²) in [6.45, 7) is 0.482. The number of amides is 1. The molecule has 118 valence electrons. The molecule has 2 N–H and O–H groups in total. The van der Waals surface area contributed by atoms with E-state index in [1.54, 1.807) is 6.07 Å². The molecule has 23 heavy (non-hydrogen) atoms. The van der Waals surface area contributed by atoms with Crippen molar-refractivity contribution < 1.29 is 13.6 Å². The quantitative estimate of drug-likeness (QED) is 0.823. The van der Waals surface area contributed by atoms with E-state index in [4.69, 9.17) is 16.9 Å². The molecule has 0 saturated heterocycles. The van der Waals surface area contributed by atoms with Gasteiger partial charge in [-0.2, -0.15) is 5.26 Å². The summed E-state index contributed by atoms with van der Waals surface area (Å²) in [5.41, 5.74) is -0.142. The van der Waals surface area contributed by atoms with Crippen molar-refractivity contribution in [2.75, 3.05) is 18.4 Å². The summed E-state index contributed by atoms with van der Waals surface area (Å²) in [5, 5.41) is 14.4. The molecule has 2 aromatic rings. The molecule has 0 bridgehead atoms. The van der Waals surface area contributed by atoms with Gasteiger partial charge in [0.2, 0.25) is 0 Å². The van der Waals surface area contributed by atoms with Crippen LogP contribution in [0.3, 0.4) is 0 Å². The van der Waals surface area contributed by atoms with E-state index in [0.717, 1.165) is 12.1 Å². The van der Waals surface area contributed by atoms with Crippen molar-refractivity contribution in [2.24, 2.45) is 0 Å². The summed E-state index contributed by atoms with van der Waals surface area (Å²) in [6.07, 6.45) is 0. The SMILES string of the molecule is N#Cc1nc(NCCNC(=O)c2ccc(F)cc2F)ccc1Cl. The molecule has 0 spiro atoms. The predicted octanol–water partition coefficient (Wildman–Crippen LogP) is 2.73. The highest BCUT2D eigenvalue weighted by atomic mass is 35.5. The van der Waals surface area contributed by atoms with Crippen molar-refractivity contribution in [1.82, 2.24) is 10.3 Å². The van der Waals surface area contributed by atoms with Crippen molar-refractivity contribution in [3.05, 3.63) is 58.2 Å². The maximum absolute atomic E-state index is 13.4. The second kappa shape index (κ2) is 7.51. The number of nitrogens with zero attached hydrogens (tertiary/aromatic N) is 2. The van der Waals surface area contributed by atoms with Gasteiger partial charge in [-0.1, -0.05) is 11.6 Å². The van der Waals surface area contributed by atoms with E-state index in [1.807, 2.05) is 6.07 Å². The largest absolute Gasteiger partial charge is 0.368 e. The number of halogens is 3. The maximum atomic E-state index is 13.4. The van der Waals surface area contributed by atoms with Gasteiger partial charge in [0.25, 0.3) is 5.91 Å². The van der Waals surface area contributed by atoms with Gasteiger partial charge < -0.3 is 10.6 Å². The Morgan fingerprint density at radius 3 is 2.74 bits per heavy atom. The van der Waals surface area contributed by atoms with E-state index in [-0.39, 0.29) is 22.8 Å². The minimum atomic E-state index is -0.923. The molecular weight excluding hydrogens is 326 g/mol. The topological polar surface area (TPSA) is 77.8 Å². The smallest absolute Gasteiger partial charge is 0.254 e. The van der Waals surface area contributed by atoms with Crippen LogP contribution in [0.2, 0.25) is 5.02 Å². The minimum Gasteiger partial charge on any atom is -0.368 e. The molecule has 1 aromatic heterocycles. The summed E-state index contributed by atoms with van der Waals surface area (Å²) < 4.78 is 26.2. The van der Waals surface area contributed by atoms with E-state index in [1.165, 1.54) is 6.07 Å². The van der Waals surface area contributed by atoms with E-state index in [9.17, 15) is 13.6 Å². The van der Waals surface area contributed by atoms with Crippen molar-refractivity contribution in [3.63, 3.8) is 0 Å². The van der Waals surface area contributed by atoms with Crippen LogP contribution in [0.25, 0.3) is 0 Å². The number of nitrogens with one attached hydrogen (secondary N) is 2. The fourth-order valence-corrected chi connectivity index (χ4v) is 1.90. The van der Waals surface area contributed by atoms with Crippen molar-refractivity contribution in [3.8, 4) is 6.07 Å². The molecule has 0 atom stereocenters. The zero-order valence-corrected chi connectivity index (χ0v) is 12.5. The van der Waals surface area contributed by atoms with Crippen LogP contribution in [0.5, 0.6) is 0 Å². The van der Waals surface area contributed by atoms with Gasteiger partial charge in [0.05, 0.1) is 10.6 Å². The second-order valence-corrected chi connectivity index (χ2v) is 4.85. The average Bonchev–Trinajstić information content (AvgIpc) is 2.52. The van der Waals surface area contributed by atoms with Crippen molar-refractivity contribution >= 4 is 23.3 Å². The molecule has 0 fully saturated rings. The summed E-state index contributed by atoms with van der Waals surface area (Å²) in [4.78, 5) is 15.7. The molecule has 0 aliphatic heterocycles. The van der Waals surface area contributed by atoms with Gasteiger partial charge in [0.1, 0.15) is 23.5 Å². The van der Waals surface area contributed by atoms with Gasteiger partial charge >= 0.3 is 0 Å². The van der Waals surface area contributed by atoms with Gasteiger partial charge in [-0.3, -0.25) is 4.79 Å². The summed E-state index contributed by atoms with van der Waals surface area (Å²) >= 11 is 5.76. The van der Waals surface area contributed by atoms with Crippen LogP contribution in [0.4, 0.5) is 14.6 Å². The standard InChI is InChI=1S/C15H11ClF2N4O/c16-11-3-4-14(22-13(11)8-19)20-5-6-21-15(23)10-2-1-9(17)7-12(10)18/h1-4,7H,5-6H2,(H,20,22)(H,21,23). The fourth-order valence-electron chi connectivity index (χ4n) is 1.75. The van der Waals surface area contributed by atoms with Gasteiger partial charge in [0.15, 0.2) is 5.69 Å². The lowest BCUT2D eigenvalue weighted by Gasteiger charge is -2.08. The average molecular weight is 337 g/mol. The van der Waals surface area contributed by atoms with Gasteiger partial charge in [-0.25, -0.2) is 13.8 Å². The number of rotatable bonds is 5. The normalized spacial score (nSPS) is 10.0. The van der Waals surface area contributed by atoms with Crippen LogP contribution in [0.15, 0.2) is 30.3 Å². The Labute approximate surface area is 135 Å². The monoisotopic (exact) mass is 336 g/mol. The molecular formula is C15H11ClF2N4O. The Bertz CT molecular complexity index is 777. The molecule has 0 unspecified atom stereocenters. The Morgan fingerprint density at radius 1 is 1.26 bits per heavy atom. The first kappa shape index (κ1) is 16.6. The maximum Gasteiger partial charge on any atom is 0.254 e. The third-order valence-corrected chi connectivity index (χ3v) is 3.15. The molecule has 1 aromatic carbocycles. The number of aromatic nitrogens is 1.